The van der Waals surface area contributed by atoms with Crippen LogP contribution in [0.3, 0.4) is 0 Å². The second kappa shape index (κ2) is 6.62. The topological polar surface area (TPSA) is 62.6 Å². The molecule has 4 heterocycles. The van der Waals surface area contributed by atoms with Gasteiger partial charge in [-0.15, -0.1) is 0 Å². The van der Waals surface area contributed by atoms with Crippen LogP contribution in [0.15, 0.2) is 47.3 Å². The first kappa shape index (κ1) is 17.2. The zero-order valence-corrected chi connectivity index (χ0v) is 15.7. The molecule has 0 N–H and O–H groups in total. The number of fused-ring (bicyclic) bond motifs is 5. The van der Waals surface area contributed by atoms with E-state index in [9.17, 15) is 14.4 Å². The molecule has 0 radical (unpaired) electrons. The lowest BCUT2D eigenvalue weighted by atomic mass is 9.83. The smallest absolute Gasteiger partial charge is 0.254 e. The second-order valence-corrected chi connectivity index (χ2v) is 8.13. The molecule has 0 spiro atoms. The highest BCUT2D eigenvalue weighted by Crippen LogP contribution is 2.35. The Balaban J connectivity index is 1.24. The molecule has 2 aromatic rings. The van der Waals surface area contributed by atoms with Crippen molar-refractivity contribution >= 4 is 11.8 Å². The molecule has 1 fully saturated rings. The van der Waals surface area contributed by atoms with Gasteiger partial charge in [0.2, 0.25) is 5.91 Å². The molecule has 2 amide bonds. The number of carbonyl (C=O) groups is 2. The number of aromatic nitrogens is 1. The van der Waals surface area contributed by atoms with Crippen molar-refractivity contribution in [3.8, 4) is 0 Å². The Labute approximate surface area is 163 Å². The zero-order chi connectivity index (χ0) is 19.3. The molecule has 6 heteroatoms. The number of piperidine rings is 1. The molecular weight excluding hydrogens is 354 g/mol. The van der Waals surface area contributed by atoms with Gasteiger partial charge in [-0.2, -0.15) is 0 Å². The highest BCUT2D eigenvalue weighted by molar-refractivity contribution is 5.98. The van der Waals surface area contributed by atoms with Gasteiger partial charge in [-0.05, 0) is 30.0 Å². The molecule has 28 heavy (non-hydrogen) atoms. The summed E-state index contributed by atoms with van der Waals surface area (Å²) in [5.74, 6) is 0.674. The minimum atomic E-state index is 0.0206. The normalized spacial score (nSPS) is 22.8. The largest absolute Gasteiger partial charge is 0.342 e. The number of rotatable bonds is 3. The Hall–Kier alpha value is -2.89. The van der Waals surface area contributed by atoms with E-state index in [0.29, 0.717) is 45.1 Å². The van der Waals surface area contributed by atoms with Crippen molar-refractivity contribution in [2.45, 2.75) is 31.8 Å². The molecule has 0 aliphatic carbocycles. The molecule has 6 nitrogen and oxygen atoms in total. The summed E-state index contributed by atoms with van der Waals surface area (Å²) in [5, 5.41) is 0. The predicted molar refractivity (Wildman–Crippen MR) is 104 cm³/mol. The van der Waals surface area contributed by atoms with Crippen LogP contribution in [0.4, 0.5) is 0 Å². The van der Waals surface area contributed by atoms with Gasteiger partial charge < -0.3 is 14.4 Å². The molecule has 3 aliphatic heterocycles. The van der Waals surface area contributed by atoms with Crippen molar-refractivity contribution in [2.24, 2.45) is 5.92 Å². The van der Waals surface area contributed by atoms with E-state index in [4.69, 9.17) is 0 Å². The molecule has 0 saturated carbocycles. The van der Waals surface area contributed by atoms with Gasteiger partial charge in [0.15, 0.2) is 0 Å². The number of hydrogen-bond acceptors (Lipinski definition) is 3. The Bertz CT molecular complexity index is 1010. The van der Waals surface area contributed by atoms with Gasteiger partial charge in [0.25, 0.3) is 11.5 Å². The van der Waals surface area contributed by atoms with Crippen LogP contribution in [0.1, 0.15) is 40.4 Å². The molecule has 144 valence electrons. The first-order valence-corrected chi connectivity index (χ1v) is 9.95. The highest BCUT2D eigenvalue weighted by Gasteiger charge is 2.36. The summed E-state index contributed by atoms with van der Waals surface area (Å²) in [5.41, 5.74) is 2.89. The average molecular weight is 377 g/mol. The van der Waals surface area contributed by atoms with E-state index in [0.717, 1.165) is 23.2 Å². The maximum Gasteiger partial charge on any atom is 0.254 e. The fraction of sp³-hybridized carbons (Fsp3) is 0.409. The van der Waals surface area contributed by atoms with E-state index in [1.54, 1.807) is 11.0 Å². The van der Waals surface area contributed by atoms with Gasteiger partial charge >= 0.3 is 0 Å². The predicted octanol–water partition coefficient (Wildman–Crippen LogP) is 1.84. The fourth-order valence-corrected chi connectivity index (χ4v) is 4.98. The molecule has 1 saturated heterocycles. The SMILES string of the molecule is O=C(CCN1Cc2ccccc2C1=O)N1C[C@@H]2C[C@H](C1)c1cccc(=O)n1C2. The summed E-state index contributed by atoms with van der Waals surface area (Å²) in [6.45, 7) is 3.09. The Morgan fingerprint density at radius 1 is 1.00 bits per heavy atom. The fourth-order valence-electron chi connectivity index (χ4n) is 4.98. The highest BCUT2D eigenvalue weighted by atomic mass is 16.2. The summed E-state index contributed by atoms with van der Waals surface area (Å²) < 4.78 is 1.88. The van der Waals surface area contributed by atoms with Crippen molar-refractivity contribution in [3.05, 3.63) is 69.6 Å². The number of pyridine rings is 1. The molecule has 1 aromatic heterocycles. The van der Waals surface area contributed by atoms with Gasteiger partial charge in [0.1, 0.15) is 0 Å². The van der Waals surface area contributed by atoms with E-state index in [1.165, 1.54) is 0 Å². The van der Waals surface area contributed by atoms with Gasteiger partial charge in [-0.3, -0.25) is 14.4 Å². The molecular formula is C22H23N3O3. The lowest BCUT2D eigenvalue weighted by Crippen LogP contribution is -2.49. The van der Waals surface area contributed by atoms with Gasteiger partial charge in [0, 0.05) is 62.4 Å². The number of nitrogens with zero attached hydrogens (tertiary/aromatic N) is 3. The third-order valence-electron chi connectivity index (χ3n) is 6.32. The molecule has 2 bridgehead atoms. The maximum atomic E-state index is 12.9. The quantitative estimate of drug-likeness (QED) is 0.820. The summed E-state index contributed by atoms with van der Waals surface area (Å²) in [4.78, 5) is 41.2. The summed E-state index contributed by atoms with van der Waals surface area (Å²) in [6, 6.07) is 13.1. The number of benzene rings is 1. The van der Waals surface area contributed by atoms with Crippen molar-refractivity contribution in [1.82, 2.24) is 14.4 Å². The molecule has 5 rings (SSSR count). The van der Waals surface area contributed by atoms with Crippen LogP contribution in [0.25, 0.3) is 0 Å². The third-order valence-corrected chi connectivity index (χ3v) is 6.32. The molecule has 0 unspecified atom stereocenters. The van der Waals surface area contributed by atoms with E-state index in [-0.39, 0.29) is 23.3 Å². The van der Waals surface area contributed by atoms with Crippen molar-refractivity contribution in [2.75, 3.05) is 19.6 Å². The van der Waals surface area contributed by atoms with E-state index < -0.39 is 0 Å². The summed E-state index contributed by atoms with van der Waals surface area (Å²) in [7, 11) is 0. The van der Waals surface area contributed by atoms with Crippen LogP contribution in [0, 0.1) is 5.92 Å². The molecule has 1 aromatic carbocycles. The minimum Gasteiger partial charge on any atom is -0.342 e. The van der Waals surface area contributed by atoms with Crippen LogP contribution in [0.2, 0.25) is 0 Å². The first-order valence-electron chi connectivity index (χ1n) is 9.95. The van der Waals surface area contributed by atoms with Gasteiger partial charge in [-0.25, -0.2) is 0 Å². The lowest BCUT2D eigenvalue weighted by molar-refractivity contribution is -0.134. The van der Waals surface area contributed by atoms with E-state index >= 15 is 0 Å². The Kier molecular flexibility index (Phi) is 4.07. The monoisotopic (exact) mass is 377 g/mol. The van der Waals surface area contributed by atoms with Crippen molar-refractivity contribution in [1.29, 1.82) is 0 Å². The van der Waals surface area contributed by atoms with Gasteiger partial charge in [-0.1, -0.05) is 24.3 Å². The number of amides is 2. The first-order chi connectivity index (χ1) is 13.6. The Morgan fingerprint density at radius 2 is 1.86 bits per heavy atom. The summed E-state index contributed by atoms with van der Waals surface area (Å²) >= 11 is 0. The molecule has 3 aliphatic rings. The number of likely N-dealkylation sites (tertiary alicyclic amines) is 1. The third kappa shape index (κ3) is 2.84. The summed E-state index contributed by atoms with van der Waals surface area (Å²) in [6.07, 6.45) is 1.38. The van der Waals surface area contributed by atoms with Crippen LogP contribution in [-0.2, 0) is 17.9 Å². The van der Waals surface area contributed by atoms with Crippen molar-refractivity contribution in [3.63, 3.8) is 0 Å². The molecule has 2 atom stereocenters. The van der Waals surface area contributed by atoms with E-state index in [1.807, 2.05) is 45.9 Å². The number of hydrogen-bond donors (Lipinski definition) is 0. The van der Waals surface area contributed by atoms with Crippen LogP contribution < -0.4 is 5.56 Å². The standard InChI is InChI=1S/C22H23N3O3/c26-20(8-9-23-13-16-4-1-2-5-18(16)22(23)28)24-11-15-10-17(14-24)19-6-3-7-21(27)25(19)12-15/h1-7,15,17H,8-14H2/t15-,17+/m0/s1. The minimum absolute atomic E-state index is 0.0206. The van der Waals surface area contributed by atoms with Crippen LogP contribution >= 0.6 is 0 Å². The number of carbonyl (C=O) groups excluding carboxylic acids is 2. The van der Waals surface area contributed by atoms with Crippen LogP contribution in [0.5, 0.6) is 0 Å². The second-order valence-electron chi connectivity index (χ2n) is 8.13. The van der Waals surface area contributed by atoms with E-state index in [2.05, 4.69) is 0 Å². The van der Waals surface area contributed by atoms with Crippen molar-refractivity contribution < 1.29 is 9.59 Å². The average Bonchev–Trinajstić information content (AvgIpc) is 3.03. The zero-order valence-electron chi connectivity index (χ0n) is 15.7. The lowest BCUT2D eigenvalue weighted by Gasteiger charge is -2.42. The van der Waals surface area contributed by atoms with Crippen LogP contribution in [-0.4, -0.2) is 45.8 Å². The maximum absolute atomic E-state index is 12.9. The van der Waals surface area contributed by atoms with Gasteiger partial charge in [0.05, 0.1) is 0 Å². The Morgan fingerprint density at radius 3 is 2.71 bits per heavy atom.